The number of nitrogens with one attached hydrogen (secondary N) is 2. The van der Waals surface area contributed by atoms with E-state index in [0.717, 1.165) is 0 Å². The highest BCUT2D eigenvalue weighted by Gasteiger charge is 2.26. The summed E-state index contributed by atoms with van der Waals surface area (Å²) >= 11 is 0. The Labute approximate surface area is 129 Å². The zero-order valence-electron chi connectivity index (χ0n) is 11.5. The van der Waals surface area contributed by atoms with Gasteiger partial charge in [0.05, 0.1) is 0 Å². The number of urea groups is 1. The molecule has 0 bridgehead atoms. The van der Waals surface area contributed by atoms with E-state index < -0.39 is 57.0 Å². The number of hydrogen-bond acceptors (Lipinski definition) is 4. The molecule has 0 aliphatic rings. The molecule has 0 aromatic heterocycles. The minimum absolute atomic E-state index is 0.0269. The molecule has 0 atom stereocenters. The summed E-state index contributed by atoms with van der Waals surface area (Å²) in [7, 11) is -1.20. The first-order valence-corrected chi connectivity index (χ1v) is 7.87. The van der Waals surface area contributed by atoms with Crippen LogP contribution in [-0.2, 0) is 4.43 Å². The van der Waals surface area contributed by atoms with E-state index in [0.29, 0.717) is 12.5 Å². The van der Waals surface area contributed by atoms with E-state index in [4.69, 9.17) is 10.2 Å². The average molecular weight is 360 g/mol. The monoisotopic (exact) mass is 360 g/mol. The normalized spacial score (nSPS) is 11.5. The molecule has 130 valence electrons. The molecule has 6 nitrogen and oxygen atoms in total. The third-order valence-corrected chi connectivity index (χ3v) is 3.89. The zero-order chi connectivity index (χ0) is 17.6. The number of carbonyl (C=O) groups is 1. The fraction of sp³-hybridized carbons (Fsp3) is 0.364. The standard InChI is InChI=1S/C11H13F5N2O4Si/c12-4-5(13)7(15)9(8(16)6(4)14)18-10(19)17-2-1-3-23-22-11(20)21/h11,20-21H,1-3,23H2,(H2,17,18,19). The van der Waals surface area contributed by atoms with Crippen LogP contribution in [0.1, 0.15) is 6.42 Å². The number of amides is 2. The summed E-state index contributed by atoms with van der Waals surface area (Å²) in [5.74, 6) is -10.9. The van der Waals surface area contributed by atoms with Crippen molar-refractivity contribution in [1.82, 2.24) is 5.32 Å². The number of aliphatic hydroxyl groups is 2. The number of halogens is 5. The third-order valence-electron chi connectivity index (χ3n) is 2.57. The van der Waals surface area contributed by atoms with Crippen LogP contribution in [0.25, 0.3) is 0 Å². The van der Waals surface area contributed by atoms with Crippen molar-refractivity contribution >= 4 is 21.5 Å². The number of hydrogen-bond donors (Lipinski definition) is 4. The molecule has 0 saturated carbocycles. The quantitative estimate of drug-likeness (QED) is 0.144. The average Bonchev–Trinajstić information content (AvgIpc) is 2.50. The van der Waals surface area contributed by atoms with Gasteiger partial charge in [-0.3, -0.25) is 0 Å². The Kier molecular flexibility index (Phi) is 7.35. The Hall–Kier alpha value is -1.76. The van der Waals surface area contributed by atoms with Crippen LogP contribution in [0, 0.1) is 29.1 Å². The van der Waals surface area contributed by atoms with E-state index in [2.05, 4.69) is 9.74 Å². The summed E-state index contributed by atoms with van der Waals surface area (Å²) in [5, 5.41) is 20.5. The molecule has 0 heterocycles. The van der Waals surface area contributed by atoms with Gasteiger partial charge in [-0.15, -0.1) is 0 Å². The summed E-state index contributed by atoms with van der Waals surface area (Å²) in [4.78, 5) is 11.4. The number of rotatable bonds is 7. The number of anilines is 1. The van der Waals surface area contributed by atoms with Gasteiger partial charge in [-0.05, 0) is 12.5 Å². The summed E-state index contributed by atoms with van der Waals surface area (Å²) in [6.07, 6.45) is 0.365. The number of carbonyl (C=O) groups excluding carboxylic acids is 1. The largest absolute Gasteiger partial charge is 0.379 e. The van der Waals surface area contributed by atoms with E-state index in [1.54, 1.807) is 5.32 Å². The van der Waals surface area contributed by atoms with Crippen molar-refractivity contribution in [2.45, 2.75) is 18.9 Å². The van der Waals surface area contributed by atoms with E-state index in [-0.39, 0.29) is 6.54 Å². The van der Waals surface area contributed by atoms with Crippen LogP contribution in [0.4, 0.5) is 32.4 Å². The van der Waals surface area contributed by atoms with Crippen molar-refractivity contribution in [2.75, 3.05) is 11.9 Å². The smallest absolute Gasteiger partial charge is 0.319 e. The van der Waals surface area contributed by atoms with Gasteiger partial charge in [0.2, 0.25) is 5.82 Å². The SMILES string of the molecule is O=C(NCCC[SiH2]OC(O)O)Nc1c(F)c(F)c(F)c(F)c1F. The van der Waals surface area contributed by atoms with Crippen molar-refractivity contribution in [3.63, 3.8) is 0 Å². The second-order valence-electron chi connectivity index (χ2n) is 4.23. The van der Waals surface area contributed by atoms with Crippen molar-refractivity contribution < 1.29 is 41.4 Å². The van der Waals surface area contributed by atoms with Gasteiger partial charge in [0.1, 0.15) is 5.69 Å². The zero-order valence-corrected chi connectivity index (χ0v) is 12.9. The first-order chi connectivity index (χ1) is 10.8. The van der Waals surface area contributed by atoms with Crippen molar-refractivity contribution in [3.05, 3.63) is 29.1 Å². The molecule has 12 heteroatoms. The van der Waals surface area contributed by atoms with E-state index in [1.165, 1.54) is 0 Å². The lowest BCUT2D eigenvalue weighted by Gasteiger charge is -2.11. The molecule has 0 aliphatic carbocycles. The summed E-state index contributed by atoms with van der Waals surface area (Å²) in [6, 6.07) is -0.696. The van der Waals surface area contributed by atoms with Gasteiger partial charge < -0.3 is 25.3 Å². The summed E-state index contributed by atoms with van der Waals surface area (Å²) in [5.41, 5.74) is -1.44. The van der Waals surface area contributed by atoms with E-state index in [1.807, 2.05) is 0 Å². The van der Waals surface area contributed by atoms with Crippen LogP contribution in [0.5, 0.6) is 0 Å². The maximum Gasteiger partial charge on any atom is 0.319 e. The predicted molar refractivity (Wildman–Crippen MR) is 70.5 cm³/mol. The summed E-state index contributed by atoms with van der Waals surface area (Å²) in [6.45, 7) is -1.83. The maximum atomic E-state index is 13.3. The topological polar surface area (TPSA) is 90.8 Å². The molecule has 2 amide bonds. The highest BCUT2D eigenvalue weighted by molar-refractivity contribution is 6.27. The predicted octanol–water partition coefficient (Wildman–Crippen LogP) is 0.681. The third kappa shape index (κ3) is 5.42. The first-order valence-electron chi connectivity index (χ1n) is 6.29. The molecule has 0 fully saturated rings. The van der Waals surface area contributed by atoms with Gasteiger partial charge >= 0.3 is 6.03 Å². The van der Waals surface area contributed by atoms with Gasteiger partial charge in [-0.1, -0.05) is 0 Å². The maximum absolute atomic E-state index is 13.3. The minimum atomic E-state index is -2.32. The van der Waals surface area contributed by atoms with E-state index >= 15 is 0 Å². The Morgan fingerprint density at radius 3 is 2.09 bits per heavy atom. The Morgan fingerprint density at radius 2 is 1.57 bits per heavy atom. The fourth-order valence-corrected chi connectivity index (χ4v) is 2.32. The van der Waals surface area contributed by atoms with Crippen LogP contribution in [0.2, 0.25) is 6.04 Å². The van der Waals surface area contributed by atoms with Gasteiger partial charge in [-0.2, -0.15) is 0 Å². The van der Waals surface area contributed by atoms with Crippen molar-refractivity contribution in [3.8, 4) is 0 Å². The van der Waals surface area contributed by atoms with Gasteiger partial charge in [0.15, 0.2) is 33.0 Å². The van der Waals surface area contributed by atoms with Crippen LogP contribution in [-0.4, -0.2) is 39.0 Å². The van der Waals surface area contributed by atoms with Crippen molar-refractivity contribution in [2.24, 2.45) is 0 Å². The summed E-state index contributed by atoms with van der Waals surface area (Å²) < 4.78 is 69.8. The highest BCUT2D eigenvalue weighted by Crippen LogP contribution is 2.26. The lowest BCUT2D eigenvalue weighted by Crippen LogP contribution is -2.31. The molecule has 0 saturated heterocycles. The lowest BCUT2D eigenvalue weighted by atomic mass is 10.2. The molecule has 4 N–H and O–H groups in total. The Balaban J connectivity index is 2.52. The molecule has 0 spiro atoms. The molecule has 1 aromatic rings. The second kappa shape index (κ2) is 8.76. The van der Waals surface area contributed by atoms with Gasteiger partial charge in [0, 0.05) is 6.54 Å². The van der Waals surface area contributed by atoms with Gasteiger partial charge in [0.25, 0.3) is 6.48 Å². The molecule has 0 aliphatic heterocycles. The Morgan fingerprint density at radius 1 is 1.04 bits per heavy atom. The molecule has 1 aromatic carbocycles. The Bertz CT molecular complexity index is 547. The highest BCUT2D eigenvalue weighted by atomic mass is 28.2. The van der Waals surface area contributed by atoms with E-state index in [9.17, 15) is 26.7 Å². The van der Waals surface area contributed by atoms with Gasteiger partial charge in [-0.25, -0.2) is 26.7 Å². The molecule has 0 radical (unpaired) electrons. The molecular formula is C11H13F5N2O4Si. The van der Waals surface area contributed by atoms with Crippen LogP contribution in [0.3, 0.4) is 0 Å². The first kappa shape index (κ1) is 19.3. The van der Waals surface area contributed by atoms with Crippen LogP contribution < -0.4 is 10.6 Å². The molecular weight excluding hydrogens is 347 g/mol. The van der Waals surface area contributed by atoms with Crippen LogP contribution >= 0.6 is 0 Å². The molecule has 0 unspecified atom stereocenters. The number of aliphatic hydroxyl groups excluding tert-OH is 1. The fourth-order valence-electron chi connectivity index (χ4n) is 1.49. The minimum Gasteiger partial charge on any atom is -0.379 e. The lowest BCUT2D eigenvalue weighted by molar-refractivity contribution is -0.180. The number of benzene rings is 1. The van der Waals surface area contributed by atoms with Crippen molar-refractivity contribution in [1.29, 1.82) is 0 Å². The molecule has 23 heavy (non-hydrogen) atoms. The second-order valence-corrected chi connectivity index (χ2v) is 5.68. The van der Waals surface area contributed by atoms with Crippen LogP contribution in [0.15, 0.2) is 0 Å². The molecule has 1 rings (SSSR count).